The Morgan fingerprint density at radius 1 is 1.30 bits per heavy atom. The smallest absolute Gasteiger partial charge is 0.341 e. The minimum absolute atomic E-state index is 0.0482. The molecule has 0 saturated carbocycles. The van der Waals surface area contributed by atoms with E-state index in [4.69, 9.17) is 4.74 Å². The number of carbonyl (C=O) groups is 2. The van der Waals surface area contributed by atoms with Gasteiger partial charge in [0.1, 0.15) is 5.00 Å². The highest BCUT2D eigenvalue weighted by atomic mass is 32.1. The summed E-state index contributed by atoms with van der Waals surface area (Å²) in [6.45, 7) is 8.93. The van der Waals surface area contributed by atoms with Gasteiger partial charge in [-0.3, -0.25) is 14.9 Å². The second-order valence-corrected chi connectivity index (χ2v) is 7.59. The maximum Gasteiger partial charge on any atom is 0.341 e. The molecule has 8 heteroatoms. The molecule has 0 fully saturated rings. The van der Waals surface area contributed by atoms with E-state index in [-0.39, 0.29) is 17.4 Å². The monoisotopic (exact) mass is 390 g/mol. The molecule has 0 atom stereocenters. The Kier molecular flexibility index (Phi) is 6.32. The van der Waals surface area contributed by atoms with E-state index in [0.717, 1.165) is 10.4 Å². The van der Waals surface area contributed by atoms with Crippen molar-refractivity contribution in [3.8, 4) is 0 Å². The molecule has 0 aliphatic heterocycles. The van der Waals surface area contributed by atoms with Gasteiger partial charge in [0.2, 0.25) is 0 Å². The number of anilines is 1. The molecule has 1 heterocycles. The molecule has 1 aromatic heterocycles. The van der Waals surface area contributed by atoms with Crippen molar-refractivity contribution in [2.45, 2.75) is 47.1 Å². The predicted octanol–water partition coefficient (Wildman–Crippen LogP) is 4.65. The fourth-order valence-corrected chi connectivity index (χ4v) is 3.89. The quantitative estimate of drug-likeness (QED) is 0.440. The van der Waals surface area contributed by atoms with Crippen molar-refractivity contribution in [1.82, 2.24) is 0 Å². The van der Waals surface area contributed by atoms with Gasteiger partial charge in [-0.25, -0.2) is 4.79 Å². The zero-order valence-corrected chi connectivity index (χ0v) is 16.7. The average molecular weight is 390 g/mol. The zero-order chi connectivity index (χ0) is 20.3. The summed E-state index contributed by atoms with van der Waals surface area (Å²) in [5.41, 5.74) is 1.85. The van der Waals surface area contributed by atoms with Crippen LogP contribution < -0.4 is 5.32 Å². The molecule has 0 unspecified atom stereocenters. The summed E-state index contributed by atoms with van der Waals surface area (Å²) in [6.07, 6.45) is 0.362. The van der Waals surface area contributed by atoms with E-state index in [0.29, 0.717) is 22.5 Å². The van der Waals surface area contributed by atoms with Crippen molar-refractivity contribution in [3.05, 3.63) is 55.4 Å². The number of thiophene rings is 1. The third-order valence-electron chi connectivity index (χ3n) is 3.99. The van der Waals surface area contributed by atoms with Gasteiger partial charge >= 0.3 is 5.97 Å². The molecule has 0 spiro atoms. The van der Waals surface area contributed by atoms with Gasteiger partial charge in [-0.1, -0.05) is 6.92 Å². The number of hydrogen-bond donors (Lipinski definition) is 1. The lowest BCUT2D eigenvalue weighted by Crippen LogP contribution is -2.17. The number of rotatable bonds is 6. The van der Waals surface area contributed by atoms with Crippen LogP contribution in [0.3, 0.4) is 0 Å². The molecular formula is C19H22N2O5S. The number of aryl methyl sites for hydroxylation is 2. The number of nitrogens with zero attached hydrogens (tertiary/aromatic N) is 1. The second kappa shape index (κ2) is 8.30. The van der Waals surface area contributed by atoms with Gasteiger partial charge in [0.05, 0.1) is 16.6 Å². The van der Waals surface area contributed by atoms with Crippen LogP contribution in [0.1, 0.15) is 57.5 Å². The molecule has 144 valence electrons. The molecule has 2 aromatic rings. The van der Waals surface area contributed by atoms with E-state index in [1.165, 1.54) is 29.5 Å². The highest BCUT2D eigenvalue weighted by Gasteiger charge is 2.25. The van der Waals surface area contributed by atoms with Crippen LogP contribution in [0.15, 0.2) is 18.2 Å². The van der Waals surface area contributed by atoms with Gasteiger partial charge in [0, 0.05) is 22.1 Å². The highest BCUT2D eigenvalue weighted by Crippen LogP contribution is 2.34. The molecule has 1 N–H and O–H groups in total. The van der Waals surface area contributed by atoms with E-state index < -0.39 is 16.8 Å². The molecule has 0 aliphatic carbocycles. The van der Waals surface area contributed by atoms with Gasteiger partial charge in [0.15, 0.2) is 0 Å². The maximum absolute atomic E-state index is 12.6. The Labute approximate surface area is 161 Å². The van der Waals surface area contributed by atoms with Gasteiger partial charge in [0.25, 0.3) is 11.6 Å². The summed E-state index contributed by atoms with van der Waals surface area (Å²) >= 11 is 1.32. The summed E-state index contributed by atoms with van der Waals surface area (Å²) in [7, 11) is 0. The number of benzene rings is 1. The Hall–Kier alpha value is -2.74. The largest absolute Gasteiger partial charge is 0.459 e. The zero-order valence-electron chi connectivity index (χ0n) is 15.9. The van der Waals surface area contributed by atoms with E-state index in [1.807, 2.05) is 13.8 Å². The first kappa shape index (κ1) is 20.6. The lowest BCUT2D eigenvalue weighted by molar-refractivity contribution is -0.385. The Morgan fingerprint density at radius 2 is 1.96 bits per heavy atom. The van der Waals surface area contributed by atoms with Crippen LogP contribution in [0.2, 0.25) is 0 Å². The SMILES string of the molecule is CCc1c(C)sc(NC(=O)c2ccc([N+](=O)[O-])c(C)c2)c1C(=O)OC(C)C. The molecule has 7 nitrogen and oxygen atoms in total. The van der Waals surface area contributed by atoms with E-state index in [1.54, 1.807) is 20.8 Å². The van der Waals surface area contributed by atoms with Crippen LogP contribution >= 0.6 is 11.3 Å². The first-order valence-corrected chi connectivity index (χ1v) is 9.36. The maximum atomic E-state index is 12.6. The molecule has 0 radical (unpaired) electrons. The number of ether oxygens (including phenoxy) is 1. The summed E-state index contributed by atoms with van der Waals surface area (Å²) in [6, 6.07) is 4.16. The summed E-state index contributed by atoms with van der Waals surface area (Å²) in [4.78, 5) is 36.5. The topological polar surface area (TPSA) is 98.5 Å². The Bertz CT molecular complexity index is 902. The number of nitrogens with one attached hydrogen (secondary N) is 1. The van der Waals surface area contributed by atoms with Crippen molar-refractivity contribution in [3.63, 3.8) is 0 Å². The highest BCUT2D eigenvalue weighted by molar-refractivity contribution is 7.16. The Morgan fingerprint density at radius 3 is 2.48 bits per heavy atom. The van der Waals surface area contributed by atoms with Crippen LogP contribution in [0.4, 0.5) is 10.7 Å². The van der Waals surface area contributed by atoms with Crippen LogP contribution in [-0.4, -0.2) is 22.9 Å². The lowest BCUT2D eigenvalue weighted by Gasteiger charge is -2.11. The second-order valence-electron chi connectivity index (χ2n) is 6.36. The van der Waals surface area contributed by atoms with Crippen molar-refractivity contribution < 1.29 is 19.2 Å². The normalized spacial score (nSPS) is 10.7. The molecule has 27 heavy (non-hydrogen) atoms. The van der Waals surface area contributed by atoms with Crippen molar-refractivity contribution in [1.29, 1.82) is 0 Å². The molecule has 2 rings (SSSR count). The van der Waals surface area contributed by atoms with Crippen LogP contribution in [0.5, 0.6) is 0 Å². The lowest BCUT2D eigenvalue weighted by atomic mass is 10.1. The molecule has 1 aromatic carbocycles. The third kappa shape index (κ3) is 4.51. The van der Waals surface area contributed by atoms with Gasteiger partial charge in [-0.05, 0) is 51.8 Å². The van der Waals surface area contributed by atoms with E-state index >= 15 is 0 Å². The minimum Gasteiger partial charge on any atom is -0.459 e. The number of esters is 1. The number of amides is 1. The molecule has 1 amide bonds. The number of nitro groups is 1. The van der Waals surface area contributed by atoms with Gasteiger partial charge < -0.3 is 10.1 Å². The summed E-state index contributed by atoms with van der Waals surface area (Å²) in [5, 5.41) is 14.1. The minimum atomic E-state index is -0.493. The number of carbonyl (C=O) groups excluding carboxylic acids is 2. The molecular weight excluding hydrogens is 368 g/mol. The number of nitro benzene ring substituents is 1. The van der Waals surface area contributed by atoms with E-state index in [9.17, 15) is 19.7 Å². The number of hydrogen-bond acceptors (Lipinski definition) is 6. The van der Waals surface area contributed by atoms with Crippen LogP contribution in [0.25, 0.3) is 0 Å². The molecule has 0 bridgehead atoms. The molecule has 0 aliphatic rings. The van der Waals surface area contributed by atoms with Crippen molar-refractivity contribution in [2.75, 3.05) is 5.32 Å². The summed E-state index contributed by atoms with van der Waals surface area (Å²) in [5.74, 6) is -0.906. The van der Waals surface area contributed by atoms with E-state index in [2.05, 4.69) is 5.32 Å². The molecule has 0 saturated heterocycles. The summed E-state index contributed by atoms with van der Waals surface area (Å²) < 4.78 is 5.32. The Balaban J connectivity index is 2.36. The fourth-order valence-electron chi connectivity index (χ4n) is 2.76. The standard InChI is InChI=1S/C19H22N2O5S/c1-6-14-12(5)27-18(16(14)19(23)26-10(2)3)20-17(22)13-7-8-15(21(24)25)11(4)9-13/h7-10H,6H2,1-5H3,(H,20,22). The van der Waals surface area contributed by atoms with Crippen molar-refractivity contribution in [2.24, 2.45) is 0 Å². The fraction of sp³-hybridized carbons (Fsp3) is 0.368. The van der Waals surface area contributed by atoms with Gasteiger partial charge in [-0.2, -0.15) is 0 Å². The average Bonchev–Trinajstić information content (AvgIpc) is 2.88. The first-order chi connectivity index (χ1) is 12.6. The van der Waals surface area contributed by atoms with Crippen molar-refractivity contribution >= 4 is 33.9 Å². The third-order valence-corrected chi connectivity index (χ3v) is 5.06. The van der Waals surface area contributed by atoms with Crippen LogP contribution in [0, 0.1) is 24.0 Å². The first-order valence-electron chi connectivity index (χ1n) is 8.55. The predicted molar refractivity (Wildman–Crippen MR) is 105 cm³/mol. The van der Waals surface area contributed by atoms with Crippen LogP contribution in [-0.2, 0) is 11.2 Å². The van der Waals surface area contributed by atoms with Gasteiger partial charge in [-0.15, -0.1) is 11.3 Å².